The molecule has 5 nitrogen and oxygen atoms in total. The number of nitrogens with two attached hydrogens (primary N) is 1. The van der Waals surface area contributed by atoms with Gasteiger partial charge >= 0.3 is 0 Å². The predicted octanol–water partition coefficient (Wildman–Crippen LogP) is 4.27. The van der Waals surface area contributed by atoms with Gasteiger partial charge in [0.05, 0.1) is 11.2 Å². The zero-order chi connectivity index (χ0) is 18.8. The van der Waals surface area contributed by atoms with Crippen LogP contribution in [0.3, 0.4) is 0 Å². The highest BCUT2D eigenvalue weighted by molar-refractivity contribution is 6.04. The molecular formula is C21H15FN4O. The van der Waals surface area contributed by atoms with E-state index in [-0.39, 0.29) is 17.5 Å². The number of hydrogen-bond donors (Lipinski definition) is 2. The van der Waals surface area contributed by atoms with Crippen molar-refractivity contribution in [1.82, 2.24) is 9.97 Å². The summed E-state index contributed by atoms with van der Waals surface area (Å²) in [6, 6.07) is 18.9. The Hall–Kier alpha value is -3.80. The molecule has 6 heteroatoms. The Morgan fingerprint density at radius 1 is 0.963 bits per heavy atom. The SMILES string of the molecule is Nc1ncc2cc(-c3ccc(F)c(NC(=O)c4ccccc4)c3)ccc2n1. The molecule has 0 saturated carbocycles. The van der Waals surface area contributed by atoms with Crippen LogP contribution in [0.4, 0.5) is 16.0 Å². The number of rotatable bonds is 3. The Kier molecular flexibility index (Phi) is 4.22. The topological polar surface area (TPSA) is 80.9 Å². The van der Waals surface area contributed by atoms with Gasteiger partial charge in [0.1, 0.15) is 5.82 Å². The number of nitrogens with one attached hydrogen (secondary N) is 1. The van der Waals surface area contributed by atoms with Crippen molar-refractivity contribution < 1.29 is 9.18 Å². The molecule has 0 spiro atoms. The highest BCUT2D eigenvalue weighted by Gasteiger charge is 2.11. The molecule has 0 aliphatic carbocycles. The summed E-state index contributed by atoms with van der Waals surface area (Å²) < 4.78 is 14.2. The predicted molar refractivity (Wildman–Crippen MR) is 104 cm³/mol. The second kappa shape index (κ2) is 6.84. The lowest BCUT2D eigenvalue weighted by Gasteiger charge is -2.10. The van der Waals surface area contributed by atoms with E-state index in [0.29, 0.717) is 5.56 Å². The maximum Gasteiger partial charge on any atom is 0.255 e. The quantitative estimate of drug-likeness (QED) is 0.573. The summed E-state index contributed by atoms with van der Waals surface area (Å²) in [6.45, 7) is 0. The van der Waals surface area contributed by atoms with Crippen molar-refractivity contribution >= 4 is 28.4 Å². The zero-order valence-electron chi connectivity index (χ0n) is 14.2. The number of nitrogens with zero attached hydrogens (tertiary/aromatic N) is 2. The molecule has 0 unspecified atom stereocenters. The van der Waals surface area contributed by atoms with Crippen LogP contribution in [0.2, 0.25) is 0 Å². The largest absolute Gasteiger partial charge is 0.368 e. The van der Waals surface area contributed by atoms with Crippen LogP contribution in [0.25, 0.3) is 22.0 Å². The normalized spacial score (nSPS) is 10.7. The lowest BCUT2D eigenvalue weighted by molar-refractivity contribution is 0.102. The molecule has 3 N–H and O–H groups in total. The fourth-order valence-corrected chi connectivity index (χ4v) is 2.81. The maximum atomic E-state index is 14.2. The Bertz CT molecular complexity index is 1150. The van der Waals surface area contributed by atoms with Gasteiger partial charge in [-0.1, -0.05) is 30.3 Å². The van der Waals surface area contributed by atoms with Crippen molar-refractivity contribution in [2.75, 3.05) is 11.1 Å². The van der Waals surface area contributed by atoms with Crippen LogP contribution in [0, 0.1) is 5.82 Å². The first-order chi connectivity index (χ1) is 13.1. The first kappa shape index (κ1) is 16.7. The molecule has 0 radical (unpaired) electrons. The smallest absolute Gasteiger partial charge is 0.255 e. The number of carbonyl (C=O) groups excluding carboxylic acids is 1. The second-order valence-corrected chi connectivity index (χ2v) is 6.02. The third kappa shape index (κ3) is 3.46. The van der Waals surface area contributed by atoms with E-state index in [9.17, 15) is 9.18 Å². The summed E-state index contributed by atoms with van der Waals surface area (Å²) in [5, 5.41) is 3.45. The molecule has 4 aromatic rings. The first-order valence-corrected chi connectivity index (χ1v) is 8.29. The molecule has 0 aliphatic heterocycles. The fraction of sp³-hybridized carbons (Fsp3) is 0. The number of anilines is 2. The molecule has 1 aromatic heterocycles. The number of hydrogen-bond acceptors (Lipinski definition) is 4. The van der Waals surface area contributed by atoms with Crippen LogP contribution in [-0.4, -0.2) is 15.9 Å². The lowest BCUT2D eigenvalue weighted by atomic mass is 10.0. The minimum atomic E-state index is -0.500. The minimum Gasteiger partial charge on any atom is -0.368 e. The van der Waals surface area contributed by atoms with Gasteiger partial charge < -0.3 is 11.1 Å². The molecule has 0 saturated heterocycles. The van der Waals surface area contributed by atoms with Gasteiger partial charge in [-0.3, -0.25) is 4.79 Å². The fourth-order valence-electron chi connectivity index (χ4n) is 2.81. The van der Waals surface area contributed by atoms with E-state index in [1.165, 1.54) is 6.07 Å². The van der Waals surface area contributed by atoms with E-state index in [1.807, 2.05) is 24.3 Å². The molecule has 0 bridgehead atoms. The van der Waals surface area contributed by atoms with Gasteiger partial charge in [0.25, 0.3) is 5.91 Å². The molecule has 4 rings (SSSR count). The summed E-state index contributed by atoms with van der Waals surface area (Å²) >= 11 is 0. The Balaban J connectivity index is 1.68. The van der Waals surface area contributed by atoms with Gasteiger partial charge in [-0.15, -0.1) is 0 Å². The number of halogens is 1. The van der Waals surface area contributed by atoms with Crippen LogP contribution >= 0.6 is 0 Å². The third-order valence-electron chi connectivity index (χ3n) is 4.18. The third-order valence-corrected chi connectivity index (χ3v) is 4.18. The van der Waals surface area contributed by atoms with E-state index in [2.05, 4.69) is 15.3 Å². The molecular weight excluding hydrogens is 343 g/mol. The number of amides is 1. The van der Waals surface area contributed by atoms with Crippen molar-refractivity contribution in [3.63, 3.8) is 0 Å². The van der Waals surface area contributed by atoms with E-state index in [1.54, 1.807) is 42.6 Å². The number of fused-ring (bicyclic) bond motifs is 1. The molecule has 3 aromatic carbocycles. The number of aromatic nitrogens is 2. The standard InChI is InChI=1S/C21H15FN4O/c22-17-8-6-15(11-19(17)25-20(27)13-4-2-1-3-5-13)14-7-9-18-16(10-14)12-24-21(23)26-18/h1-12H,(H,25,27)(H2,23,24,26). The molecule has 1 amide bonds. The average Bonchev–Trinajstić information content (AvgIpc) is 2.70. The molecule has 0 atom stereocenters. The van der Waals surface area contributed by atoms with Gasteiger partial charge in [-0.25, -0.2) is 14.4 Å². The molecule has 0 aliphatic rings. The first-order valence-electron chi connectivity index (χ1n) is 8.29. The molecule has 0 fully saturated rings. The second-order valence-electron chi connectivity index (χ2n) is 6.02. The highest BCUT2D eigenvalue weighted by atomic mass is 19.1. The lowest BCUT2D eigenvalue weighted by Crippen LogP contribution is -2.12. The van der Waals surface area contributed by atoms with Gasteiger partial charge in [-0.2, -0.15) is 0 Å². The van der Waals surface area contributed by atoms with Gasteiger partial charge in [-0.05, 0) is 47.5 Å². The minimum absolute atomic E-state index is 0.120. The average molecular weight is 358 g/mol. The van der Waals surface area contributed by atoms with E-state index in [4.69, 9.17) is 5.73 Å². The van der Waals surface area contributed by atoms with Crippen molar-refractivity contribution in [2.45, 2.75) is 0 Å². The summed E-state index contributed by atoms with van der Waals surface area (Å²) in [6.07, 6.45) is 1.64. The van der Waals surface area contributed by atoms with Crippen LogP contribution in [0.5, 0.6) is 0 Å². The monoisotopic (exact) mass is 358 g/mol. The van der Waals surface area contributed by atoms with Crippen molar-refractivity contribution in [2.24, 2.45) is 0 Å². The van der Waals surface area contributed by atoms with E-state index >= 15 is 0 Å². The Morgan fingerprint density at radius 3 is 2.52 bits per heavy atom. The van der Waals surface area contributed by atoms with Crippen molar-refractivity contribution in [3.8, 4) is 11.1 Å². The zero-order valence-corrected chi connectivity index (χ0v) is 14.2. The van der Waals surface area contributed by atoms with Crippen LogP contribution in [0.15, 0.2) is 72.9 Å². The summed E-state index contributed by atoms with van der Waals surface area (Å²) in [5.74, 6) is -0.656. The number of nitrogen functional groups attached to an aromatic ring is 1. The highest BCUT2D eigenvalue weighted by Crippen LogP contribution is 2.27. The summed E-state index contributed by atoms with van der Waals surface area (Å²) in [7, 11) is 0. The molecule has 27 heavy (non-hydrogen) atoms. The van der Waals surface area contributed by atoms with Crippen molar-refractivity contribution in [3.05, 3.63) is 84.3 Å². The summed E-state index contributed by atoms with van der Waals surface area (Å²) in [4.78, 5) is 20.5. The Morgan fingerprint density at radius 2 is 1.70 bits per heavy atom. The number of carbonyl (C=O) groups is 1. The van der Waals surface area contributed by atoms with Crippen LogP contribution < -0.4 is 11.1 Å². The summed E-state index contributed by atoms with van der Waals surface area (Å²) in [5.41, 5.74) is 8.52. The Labute approximate surface area is 154 Å². The van der Waals surface area contributed by atoms with Gasteiger partial charge in [0, 0.05) is 17.1 Å². The molecule has 132 valence electrons. The van der Waals surface area contributed by atoms with Gasteiger partial charge in [0.2, 0.25) is 5.95 Å². The van der Waals surface area contributed by atoms with Gasteiger partial charge in [0.15, 0.2) is 0 Å². The van der Waals surface area contributed by atoms with Crippen LogP contribution in [0.1, 0.15) is 10.4 Å². The number of benzene rings is 3. The van der Waals surface area contributed by atoms with E-state index in [0.717, 1.165) is 22.0 Å². The molecule has 1 heterocycles. The maximum absolute atomic E-state index is 14.2. The van der Waals surface area contributed by atoms with Crippen LogP contribution in [-0.2, 0) is 0 Å². The van der Waals surface area contributed by atoms with E-state index < -0.39 is 5.82 Å². The van der Waals surface area contributed by atoms with Crippen molar-refractivity contribution in [1.29, 1.82) is 0 Å².